The molecule has 2 atom stereocenters. The van der Waals surface area contributed by atoms with E-state index in [-0.39, 0.29) is 5.91 Å². The minimum atomic E-state index is 0.159. The lowest BCUT2D eigenvalue weighted by atomic mass is 9.97. The molecule has 1 aromatic heterocycles. The van der Waals surface area contributed by atoms with Crippen molar-refractivity contribution in [2.45, 2.75) is 62.6 Å². The second-order valence-electron chi connectivity index (χ2n) is 8.07. The van der Waals surface area contributed by atoms with Gasteiger partial charge in [-0.1, -0.05) is 18.2 Å². The first-order valence-electron chi connectivity index (χ1n) is 9.62. The number of para-hydroxylation sites is 1. The first-order chi connectivity index (χ1) is 12.2. The third kappa shape index (κ3) is 2.73. The van der Waals surface area contributed by atoms with E-state index in [0.717, 1.165) is 35.0 Å². The summed E-state index contributed by atoms with van der Waals surface area (Å²) in [4.78, 5) is 20.2. The van der Waals surface area contributed by atoms with Crippen LogP contribution in [-0.2, 0) is 0 Å². The molecule has 2 aromatic rings. The van der Waals surface area contributed by atoms with Crippen LogP contribution in [-0.4, -0.2) is 41.0 Å². The van der Waals surface area contributed by atoms with Gasteiger partial charge in [0.25, 0.3) is 5.91 Å². The molecule has 0 radical (unpaired) electrons. The first-order valence-corrected chi connectivity index (χ1v) is 9.62. The normalized spacial score (nSPS) is 28.3. The average Bonchev–Trinajstić information content (AvgIpc) is 3.44. The van der Waals surface area contributed by atoms with Crippen LogP contribution in [0.4, 0.5) is 0 Å². The Hall–Kier alpha value is -1.94. The van der Waals surface area contributed by atoms with Gasteiger partial charge in [0, 0.05) is 42.2 Å². The number of nitrogens with one attached hydrogen (secondary N) is 1. The van der Waals surface area contributed by atoms with Crippen LogP contribution in [0.3, 0.4) is 0 Å². The van der Waals surface area contributed by atoms with Crippen molar-refractivity contribution >= 4 is 16.8 Å². The molecule has 3 fully saturated rings. The molecule has 1 aliphatic carbocycles. The number of amides is 1. The number of nitrogens with zero attached hydrogens (tertiary/aromatic N) is 2. The number of benzene rings is 1. The van der Waals surface area contributed by atoms with Crippen molar-refractivity contribution in [3.63, 3.8) is 0 Å². The monoisotopic (exact) mass is 335 g/mol. The second-order valence-corrected chi connectivity index (χ2v) is 8.07. The average molecular weight is 335 g/mol. The molecule has 3 aliphatic rings. The lowest BCUT2D eigenvalue weighted by Gasteiger charge is -2.35. The summed E-state index contributed by atoms with van der Waals surface area (Å²) in [6.45, 7) is 0. The molecule has 4 heteroatoms. The van der Waals surface area contributed by atoms with E-state index >= 15 is 0 Å². The maximum absolute atomic E-state index is 13.4. The third-order valence-electron chi connectivity index (χ3n) is 6.28. The zero-order valence-corrected chi connectivity index (χ0v) is 14.7. The molecule has 1 amide bonds. The predicted octanol–water partition coefficient (Wildman–Crippen LogP) is 3.47. The van der Waals surface area contributed by atoms with Crippen LogP contribution in [0.15, 0.2) is 30.3 Å². The van der Waals surface area contributed by atoms with E-state index in [9.17, 15) is 4.79 Å². The summed E-state index contributed by atoms with van der Waals surface area (Å²) < 4.78 is 0. The number of aromatic nitrogens is 1. The van der Waals surface area contributed by atoms with E-state index in [2.05, 4.69) is 11.4 Å². The van der Waals surface area contributed by atoms with Gasteiger partial charge in [0.1, 0.15) is 0 Å². The summed E-state index contributed by atoms with van der Waals surface area (Å²) in [6.07, 6.45) is 7.08. The Morgan fingerprint density at radius 1 is 1.12 bits per heavy atom. The number of carbonyl (C=O) groups excluding carboxylic acids is 1. The first kappa shape index (κ1) is 15.3. The van der Waals surface area contributed by atoms with Gasteiger partial charge in [0.15, 0.2) is 0 Å². The molecule has 1 N–H and O–H groups in total. The molecule has 130 valence electrons. The van der Waals surface area contributed by atoms with Gasteiger partial charge in [-0.05, 0) is 50.7 Å². The molecular weight excluding hydrogens is 310 g/mol. The Labute approximate surface area is 148 Å². The maximum atomic E-state index is 13.4. The fourth-order valence-electron chi connectivity index (χ4n) is 4.66. The lowest BCUT2D eigenvalue weighted by Crippen LogP contribution is -2.48. The van der Waals surface area contributed by atoms with Crippen LogP contribution in [0.2, 0.25) is 0 Å². The molecule has 2 saturated heterocycles. The number of rotatable bonds is 3. The van der Waals surface area contributed by atoms with Crippen molar-refractivity contribution in [1.29, 1.82) is 0 Å². The Morgan fingerprint density at radius 3 is 2.56 bits per heavy atom. The van der Waals surface area contributed by atoms with Crippen LogP contribution in [0.5, 0.6) is 0 Å². The van der Waals surface area contributed by atoms with Crippen LogP contribution < -0.4 is 5.32 Å². The summed E-state index contributed by atoms with van der Waals surface area (Å²) in [7, 11) is 1.99. The molecule has 1 aromatic carbocycles. The van der Waals surface area contributed by atoms with E-state index < -0.39 is 0 Å². The van der Waals surface area contributed by atoms with Crippen LogP contribution in [0.1, 0.15) is 60.5 Å². The van der Waals surface area contributed by atoms with Crippen LogP contribution >= 0.6 is 0 Å². The largest absolute Gasteiger partial charge is 0.339 e. The van der Waals surface area contributed by atoms with Gasteiger partial charge in [0.2, 0.25) is 0 Å². The minimum absolute atomic E-state index is 0.159. The summed E-state index contributed by atoms with van der Waals surface area (Å²) in [5, 5.41) is 4.65. The van der Waals surface area contributed by atoms with Crippen LogP contribution in [0.25, 0.3) is 10.9 Å². The summed E-state index contributed by atoms with van der Waals surface area (Å²) in [5.41, 5.74) is 2.88. The van der Waals surface area contributed by atoms with Gasteiger partial charge in [-0.3, -0.25) is 9.78 Å². The minimum Gasteiger partial charge on any atom is -0.339 e. The van der Waals surface area contributed by atoms with Crippen LogP contribution in [0, 0.1) is 0 Å². The second kappa shape index (κ2) is 5.80. The summed E-state index contributed by atoms with van der Waals surface area (Å²) in [6, 6.07) is 11.7. The van der Waals surface area contributed by atoms with Gasteiger partial charge in [-0.25, -0.2) is 0 Å². The quantitative estimate of drug-likeness (QED) is 0.934. The Kier molecular flexibility index (Phi) is 3.56. The summed E-state index contributed by atoms with van der Waals surface area (Å²) in [5.74, 6) is 0.711. The SMILES string of the molecule is CN(C(=O)c1cc(C2CC2)nc2ccccc12)C1CC2CCC(C1)N2. The van der Waals surface area contributed by atoms with Gasteiger partial charge in [-0.2, -0.15) is 0 Å². The van der Waals surface area contributed by atoms with Gasteiger partial charge >= 0.3 is 0 Å². The highest BCUT2D eigenvalue weighted by Gasteiger charge is 2.37. The van der Waals surface area contributed by atoms with Gasteiger partial charge < -0.3 is 10.2 Å². The van der Waals surface area contributed by atoms with Crippen molar-refractivity contribution in [2.75, 3.05) is 7.05 Å². The lowest BCUT2D eigenvalue weighted by molar-refractivity contribution is 0.0683. The van der Waals surface area contributed by atoms with E-state index in [1.54, 1.807) is 0 Å². The van der Waals surface area contributed by atoms with E-state index in [1.165, 1.54) is 25.7 Å². The highest BCUT2D eigenvalue weighted by Crippen LogP contribution is 2.40. The Bertz CT molecular complexity index is 817. The standard InChI is InChI=1S/C21H25N3O/c1-24(16-10-14-8-9-15(11-16)22-14)21(25)18-12-20(13-6-7-13)23-19-5-3-2-4-17(18)19/h2-5,12-16,22H,6-11H2,1H3. The number of hydrogen-bond donors (Lipinski definition) is 1. The van der Waals surface area contributed by atoms with Crippen molar-refractivity contribution in [2.24, 2.45) is 0 Å². The van der Waals surface area contributed by atoms with Crippen molar-refractivity contribution in [3.8, 4) is 0 Å². The topological polar surface area (TPSA) is 45.2 Å². The zero-order chi connectivity index (χ0) is 17.0. The van der Waals surface area contributed by atoms with E-state index in [1.807, 2.05) is 36.2 Å². The van der Waals surface area contributed by atoms with Crippen molar-refractivity contribution < 1.29 is 4.79 Å². The van der Waals surface area contributed by atoms with Gasteiger partial charge in [0.05, 0.1) is 11.1 Å². The molecule has 1 saturated carbocycles. The molecule has 3 heterocycles. The Balaban J connectivity index is 1.50. The molecule has 25 heavy (non-hydrogen) atoms. The molecule has 2 bridgehead atoms. The summed E-state index contributed by atoms with van der Waals surface area (Å²) >= 11 is 0. The molecule has 4 nitrogen and oxygen atoms in total. The highest BCUT2D eigenvalue weighted by molar-refractivity contribution is 6.06. The Morgan fingerprint density at radius 2 is 1.84 bits per heavy atom. The van der Waals surface area contributed by atoms with Gasteiger partial charge in [-0.15, -0.1) is 0 Å². The molecule has 0 spiro atoms. The smallest absolute Gasteiger partial charge is 0.254 e. The predicted molar refractivity (Wildman–Crippen MR) is 98.8 cm³/mol. The fourth-order valence-corrected chi connectivity index (χ4v) is 4.66. The molecule has 5 rings (SSSR count). The third-order valence-corrected chi connectivity index (χ3v) is 6.28. The van der Waals surface area contributed by atoms with Crippen molar-refractivity contribution in [1.82, 2.24) is 15.2 Å². The molecular formula is C21H25N3O. The van der Waals surface area contributed by atoms with Crippen molar-refractivity contribution in [3.05, 3.63) is 41.6 Å². The van der Waals surface area contributed by atoms with E-state index in [4.69, 9.17) is 4.98 Å². The number of hydrogen-bond acceptors (Lipinski definition) is 3. The number of piperidine rings is 1. The molecule has 2 unspecified atom stereocenters. The number of fused-ring (bicyclic) bond motifs is 3. The fraction of sp³-hybridized carbons (Fsp3) is 0.524. The zero-order valence-electron chi connectivity index (χ0n) is 14.7. The van der Waals surface area contributed by atoms with E-state index in [0.29, 0.717) is 24.0 Å². The number of pyridine rings is 1. The highest BCUT2D eigenvalue weighted by atomic mass is 16.2. The molecule has 2 aliphatic heterocycles. The number of carbonyl (C=O) groups is 1. The maximum Gasteiger partial charge on any atom is 0.254 e.